The van der Waals surface area contributed by atoms with Crippen molar-refractivity contribution in [3.8, 4) is 39.7 Å². The van der Waals surface area contributed by atoms with Crippen molar-refractivity contribution in [2.45, 2.75) is 6.61 Å². The lowest BCUT2D eigenvalue weighted by molar-refractivity contribution is 0.0964. The van der Waals surface area contributed by atoms with E-state index in [4.69, 9.17) is 9.40 Å². The molecule has 0 unspecified atom stereocenters. The summed E-state index contributed by atoms with van der Waals surface area (Å²) >= 11 is 4.53. The van der Waals surface area contributed by atoms with Gasteiger partial charge in [-0.2, -0.15) is 5.10 Å². The predicted molar refractivity (Wildman–Crippen MR) is 157 cm³/mol. The Morgan fingerprint density at radius 1 is 1.12 bits per heavy atom. The van der Waals surface area contributed by atoms with Gasteiger partial charge in [-0.05, 0) is 54.6 Å². The minimum Gasteiger partial charge on any atom is -0.506 e. The average Bonchev–Trinajstić information content (AvgIpc) is 3.54. The molecule has 0 aliphatic heterocycles. The highest BCUT2D eigenvalue weighted by atomic mass is 32.1. The number of nitrogens with one attached hydrogen (secondary N) is 1. The molecule has 1 amide bonds. The van der Waals surface area contributed by atoms with E-state index in [0.29, 0.717) is 56.0 Å². The number of hydrogen-bond acceptors (Lipinski definition) is 8. The Kier molecular flexibility index (Phi) is 6.60. The summed E-state index contributed by atoms with van der Waals surface area (Å²) in [4.78, 5) is 17.9. The summed E-state index contributed by atoms with van der Waals surface area (Å²) in [7, 11) is 3.26. The van der Waals surface area contributed by atoms with Crippen LogP contribution < -0.4 is 9.62 Å². The van der Waals surface area contributed by atoms with Crippen molar-refractivity contribution >= 4 is 40.9 Å². The maximum Gasteiger partial charge on any atom is 0.255 e. The number of fused-ring (bicyclic) bond motifs is 2. The van der Waals surface area contributed by atoms with E-state index in [1.54, 1.807) is 52.4 Å². The van der Waals surface area contributed by atoms with Crippen LogP contribution in [0.25, 0.3) is 50.5 Å². The van der Waals surface area contributed by atoms with Crippen LogP contribution in [0.1, 0.15) is 15.9 Å². The molecule has 0 radical (unpaired) electrons. The number of aliphatic hydroxyl groups is 1. The number of thiol groups is 1. The molecule has 0 bridgehead atoms. The van der Waals surface area contributed by atoms with E-state index in [-0.39, 0.29) is 29.5 Å². The molecule has 0 fully saturated rings. The fraction of sp³-hybridized carbons (Fsp3) is 0.100. The molecule has 2 aromatic carbocycles. The average molecular weight is 570 g/mol. The fourth-order valence-electron chi connectivity index (χ4n) is 4.93. The maximum atomic E-state index is 13.6. The Bertz CT molecular complexity index is 1950. The highest BCUT2D eigenvalue weighted by Gasteiger charge is 2.25. The number of pyridine rings is 2. The van der Waals surface area contributed by atoms with Gasteiger partial charge in [-0.25, -0.2) is 13.9 Å². The number of rotatable bonds is 6. The van der Waals surface area contributed by atoms with Gasteiger partial charge in [-0.1, -0.05) is 18.9 Å². The van der Waals surface area contributed by atoms with E-state index in [2.05, 4.69) is 23.2 Å². The summed E-state index contributed by atoms with van der Waals surface area (Å²) in [5, 5.41) is 28.7. The van der Waals surface area contributed by atoms with Gasteiger partial charge in [-0.15, -0.1) is 0 Å². The van der Waals surface area contributed by atoms with Crippen molar-refractivity contribution in [2.24, 2.45) is 0 Å². The van der Waals surface area contributed by atoms with E-state index in [0.717, 1.165) is 0 Å². The Labute approximate surface area is 239 Å². The first kappa shape index (κ1) is 26.4. The monoisotopic (exact) mass is 569 g/mol. The van der Waals surface area contributed by atoms with Crippen LogP contribution in [0.15, 0.2) is 77.3 Å². The van der Waals surface area contributed by atoms with Crippen LogP contribution in [-0.4, -0.2) is 44.8 Å². The Morgan fingerprint density at radius 2 is 1.90 bits per heavy atom. The molecule has 0 aliphatic carbocycles. The topological polar surface area (TPSA) is 116 Å². The second-order valence-electron chi connectivity index (χ2n) is 9.36. The first-order chi connectivity index (χ1) is 19.8. The summed E-state index contributed by atoms with van der Waals surface area (Å²) in [6.45, 7) is -0.304. The number of amides is 1. The van der Waals surface area contributed by atoms with Crippen molar-refractivity contribution < 1.29 is 23.8 Å². The minimum atomic E-state index is -0.406. The lowest BCUT2D eigenvalue weighted by atomic mass is 10.00. The molecular weight excluding hydrogens is 545 g/mol. The number of aliphatic hydroxyl groups excluding tert-OH is 1. The second-order valence-corrected chi connectivity index (χ2v) is 9.96. The molecule has 6 rings (SSSR count). The van der Waals surface area contributed by atoms with Crippen LogP contribution in [0.2, 0.25) is 0 Å². The highest BCUT2D eigenvalue weighted by Crippen LogP contribution is 2.42. The number of carbonyl (C=O) groups is 1. The van der Waals surface area contributed by atoms with E-state index in [1.165, 1.54) is 25.2 Å². The van der Waals surface area contributed by atoms with E-state index in [1.807, 2.05) is 18.2 Å². The molecule has 9 nitrogen and oxygen atoms in total. The van der Waals surface area contributed by atoms with Gasteiger partial charge in [0.15, 0.2) is 0 Å². The van der Waals surface area contributed by atoms with Gasteiger partial charge in [0.1, 0.15) is 34.3 Å². The number of anilines is 1. The van der Waals surface area contributed by atoms with Gasteiger partial charge in [0.05, 0.1) is 29.1 Å². The van der Waals surface area contributed by atoms with Crippen molar-refractivity contribution in [3.63, 3.8) is 0 Å². The Hall–Kier alpha value is -4.87. The lowest BCUT2D eigenvalue weighted by Gasteiger charge is -2.17. The fourth-order valence-corrected chi connectivity index (χ4v) is 5.10. The molecule has 0 atom stereocenters. The Morgan fingerprint density at radius 3 is 2.61 bits per heavy atom. The molecular formula is C30H24FN5O4S. The summed E-state index contributed by atoms with van der Waals surface area (Å²) in [6.07, 6.45) is 1.75. The van der Waals surface area contributed by atoms with Gasteiger partial charge in [0.2, 0.25) is 0 Å². The van der Waals surface area contributed by atoms with Crippen LogP contribution in [0.4, 0.5) is 10.1 Å². The maximum absolute atomic E-state index is 13.6. The van der Waals surface area contributed by atoms with Gasteiger partial charge in [0.25, 0.3) is 5.91 Å². The van der Waals surface area contributed by atoms with Gasteiger partial charge < -0.3 is 24.3 Å². The van der Waals surface area contributed by atoms with Crippen LogP contribution in [-0.2, 0) is 6.61 Å². The number of aromatic hydroxyl groups is 1. The van der Waals surface area contributed by atoms with Crippen molar-refractivity contribution in [1.82, 2.24) is 19.9 Å². The van der Waals surface area contributed by atoms with Gasteiger partial charge in [-0.3, -0.25) is 4.79 Å². The number of halogens is 1. The predicted octanol–water partition coefficient (Wildman–Crippen LogP) is 5.45. The molecule has 4 heterocycles. The second kappa shape index (κ2) is 10.3. The molecule has 3 N–H and O–H groups in total. The highest BCUT2D eigenvalue weighted by molar-refractivity contribution is 7.81. The number of nitrogens with zero attached hydrogens (tertiary/aromatic N) is 4. The van der Waals surface area contributed by atoms with Crippen molar-refractivity contribution in [1.29, 1.82) is 0 Å². The van der Waals surface area contributed by atoms with E-state index >= 15 is 0 Å². The molecule has 0 saturated heterocycles. The van der Waals surface area contributed by atoms with E-state index < -0.39 is 5.82 Å². The standard InChI is InChI=1S/C30H24FN5O4S/c1-32-30(39)26-19-13-18(23(35(2)41)14-25(19)40-29(26)16-6-8-17(31)9-7-16)21-10-11-24(38)28(33-21)27-20(15-37)22-5-3-4-12-36(22)34-27/h3-14,37-38,41H,15H2,1-2H3,(H,32,39). The van der Waals surface area contributed by atoms with Crippen LogP contribution in [0, 0.1) is 5.82 Å². The summed E-state index contributed by atoms with van der Waals surface area (Å²) in [6, 6.07) is 17.9. The molecule has 0 saturated carbocycles. The molecule has 206 valence electrons. The third-order valence-corrected chi connectivity index (χ3v) is 7.11. The first-order valence-electron chi connectivity index (χ1n) is 12.6. The van der Waals surface area contributed by atoms with Gasteiger partial charge in [0, 0.05) is 48.4 Å². The quantitative estimate of drug-likeness (QED) is 0.197. The lowest BCUT2D eigenvalue weighted by Crippen LogP contribution is -2.18. The molecule has 0 spiro atoms. The zero-order valence-electron chi connectivity index (χ0n) is 22.0. The smallest absolute Gasteiger partial charge is 0.255 e. The third kappa shape index (κ3) is 4.45. The summed E-state index contributed by atoms with van der Waals surface area (Å²) in [5.41, 5.74) is 4.66. The van der Waals surface area contributed by atoms with Crippen LogP contribution in [0.5, 0.6) is 5.75 Å². The summed E-state index contributed by atoms with van der Waals surface area (Å²) < 4.78 is 23.0. The summed E-state index contributed by atoms with van der Waals surface area (Å²) in [5.74, 6) is -0.600. The zero-order valence-corrected chi connectivity index (χ0v) is 22.9. The Balaban J connectivity index is 1.59. The number of carbonyl (C=O) groups excluding carboxylic acids is 1. The van der Waals surface area contributed by atoms with E-state index in [9.17, 15) is 19.4 Å². The van der Waals surface area contributed by atoms with Crippen molar-refractivity contribution in [3.05, 3.63) is 89.9 Å². The number of hydrogen-bond donors (Lipinski definition) is 4. The van der Waals surface area contributed by atoms with Gasteiger partial charge >= 0.3 is 0 Å². The number of benzene rings is 2. The molecule has 4 aromatic heterocycles. The normalized spacial score (nSPS) is 11.3. The SMILES string of the molecule is CNC(=O)c1c(-c2ccc(F)cc2)oc2cc(N(C)S)c(-c3ccc(O)c(-c4nn5ccccc5c4CO)n3)cc12. The minimum absolute atomic E-state index is 0.110. The third-order valence-electron chi connectivity index (χ3n) is 6.89. The molecule has 0 aliphatic rings. The van der Waals surface area contributed by atoms with Crippen LogP contribution >= 0.6 is 12.8 Å². The molecule has 41 heavy (non-hydrogen) atoms. The molecule has 6 aromatic rings. The zero-order chi connectivity index (χ0) is 28.8. The number of aromatic nitrogens is 3. The first-order valence-corrected chi connectivity index (χ1v) is 13.0. The number of furan rings is 1. The van der Waals surface area contributed by atoms with Crippen molar-refractivity contribution in [2.75, 3.05) is 18.4 Å². The molecule has 11 heteroatoms. The largest absolute Gasteiger partial charge is 0.506 e. The van der Waals surface area contributed by atoms with Crippen LogP contribution in [0.3, 0.4) is 0 Å².